The zero-order valence-electron chi connectivity index (χ0n) is 14.2. The number of hydrogen-bond acceptors (Lipinski definition) is 8. The van der Waals surface area contributed by atoms with E-state index >= 15 is 0 Å². The van der Waals surface area contributed by atoms with Crippen LogP contribution in [0.15, 0.2) is 5.16 Å². The molecule has 0 aromatic heterocycles. The fourth-order valence-electron chi connectivity index (χ4n) is 1.30. The van der Waals surface area contributed by atoms with Gasteiger partial charge >= 0.3 is 15.2 Å². The molecular formula is C12H19Cl3N2O6S2. The Balaban J connectivity index is 4.84. The Hall–Kier alpha value is -0.420. The molecule has 25 heavy (non-hydrogen) atoms. The average Bonchev–Trinajstić information content (AvgIpc) is 2.44. The minimum atomic E-state index is -4.56. The monoisotopic (exact) mass is 456 g/mol. The van der Waals surface area contributed by atoms with Gasteiger partial charge < -0.3 is 4.74 Å². The molecule has 0 saturated heterocycles. The molecule has 0 spiro atoms. The van der Waals surface area contributed by atoms with Crippen LogP contribution in [0.25, 0.3) is 0 Å². The maximum absolute atomic E-state index is 11.8. The number of oxime groups is 1. The van der Waals surface area contributed by atoms with Crippen molar-refractivity contribution in [1.82, 2.24) is 4.31 Å². The normalized spacial score (nSPS) is 14.2. The topological polar surface area (TPSA) is 102 Å². The van der Waals surface area contributed by atoms with Crippen LogP contribution >= 0.6 is 46.6 Å². The Morgan fingerprint density at radius 2 is 1.84 bits per heavy atom. The molecule has 1 unspecified atom stereocenters. The lowest BCUT2D eigenvalue weighted by Crippen LogP contribution is -2.40. The zero-order valence-corrected chi connectivity index (χ0v) is 18.1. The number of carbonyl (C=O) groups is 2. The number of ether oxygens (including phenoxy) is 1. The van der Waals surface area contributed by atoms with Crippen molar-refractivity contribution >= 4 is 74.9 Å². The number of carbonyl (C=O) groups excluding carboxylic acids is 2. The summed E-state index contributed by atoms with van der Waals surface area (Å²) in [5.41, 5.74) is 0. The van der Waals surface area contributed by atoms with E-state index in [1.807, 2.05) is 0 Å². The average molecular weight is 458 g/mol. The number of esters is 1. The van der Waals surface area contributed by atoms with E-state index in [0.717, 1.165) is 7.05 Å². The van der Waals surface area contributed by atoms with Crippen molar-refractivity contribution in [3.05, 3.63) is 0 Å². The van der Waals surface area contributed by atoms with Gasteiger partial charge in [-0.1, -0.05) is 40.0 Å². The van der Waals surface area contributed by atoms with Crippen LogP contribution in [0.4, 0.5) is 4.79 Å². The number of alkyl halides is 3. The molecule has 13 heteroatoms. The summed E-state index contributed by atoms with van der Waals surface area (Å²) < 4.78 is 25.1. The predicted octanol–water partition coefficient (Wildman–Crippen LogP) is 3.16. The van der Waals surface area contributed by atoms with Crippen molar-refractivity contribution in [3.8, 4) is 0 Å². The van der Waals surface area contributed by atoms with E-state index in [4.69, 9.17) is 39.5 Å². The van der Waals surface area contributed by atoms with E-state index in [2.05, 4.69) is 9.99 Å². The number of hydrogen-bond donors (Lipinski definition) is 0. The molecule has 0 saturated carbocycles. The van der Waals surface area contributed by atoms with E-state index in [1.165, 1.54) is 18.0 Å². The Kier molecular flexibility index (Phi) is 9.34. The van der Waals surface area contributed by atoms with Crippen LogP contribution in [-0.2, 0) is 24.4 Å². The predicted molar refractivity (Wildman–Crippen MR) is 99.7 cm³/mol. The number of thioether (sulfide) groups is 1. The third-order valence-electron chi connectivity index (χ3n) is 2.50. The van der Waals surface area contributed by atoms with Gasteiger partial charge in [0.25, 0.3) is 10.0 Å². The van der Waals surface area contributed by atoms with Gasteiger partial charge in [0, 0.05) is 11.8 Å². The Morgan fingerprint density at radius 3 is 2.28 bits per heavy atom. The first-order valence-corrected chi connectivity index (χ1v) is 10.3. The highest BCUT2D eigenvalue weighted by Gasteiger charge is 2.44. The fraction of sp³-hybridized carbons (Fsp3) is 0.750. The molecule has 8 nitrogen and oxygen atoms in total. The van der Waals surface area contributed by atoms with Gasteiger partial charge in [0.05, 0.1) is 12.8 Å². The van der Waals surface area contributed by atoms with E-state index in [0.29, 0.717) is 0 Å². The molecule has 0 radical (unpaired) electrons. The van der Waals surface area contributed by atoms with E-state index < -0.39 is 29.2 Å². The van der Waals surface area contributed by atoms with E-state index in [9.17, 15) is 18.0 Å². The van der Waals surface area contributed by atoms with Crippen LogP contribution in [-0.4, -0.2) is 57.8 Å². The first-order valence-electron chi connectivity index (χ1n) is 6.81. The third-order valence-corrected chi connectivity index (χ3v) is 6.97. The van der Waals surface area contributed by atoms with E-state index in [-0.39, 0.29) is 16.9 Å². The summed E-state index contributed by atoms with van der Waals surface area (Å²) in [4.78, 5) is 27.8. The number of halogens is 3. The minimum absolute atomic E-state index is 0.124. The molecule has 0 heterocycles. The minimum Gasteiger partial charge on any atom is -0.465 e. The first kappa shape index (κ1) is 24.6. The molecule has 146 valence electrons. The number of amides is 1. The van der Waals surface area contributed by atoms with Crippen LogP contribution in [0.1, 0.15) is 27.7 Å². The van der Waals surface area contributed by atoms with Gasteiger partial charge in [-0.2, -0.15) is 0 Å². The standard InChI is InChI=1S/C12H19Cl3N2O6S2/c1-6-22-9(18)8(2)24-11(3,4)7-16-23-10(19)17(5)25(20,21)12(13,14)15/h7-8H,6H2,1-5H3. The van der Waals surface area contributed by atoms with Gasteiger partial charge in [-0.25, -0.2) is 17.5 Å². The van der Waals surface area contributed by atoms with Crippen LogP contribution in [0, 0.1) is 0 Å². The zero-order chi connectivity index (χ0) is 20.1. The SMILES string of the molecule is CCOC(=O)C(C)SC(C)(C)C=NOC(=O)N(C)S(=O)(=O)C(Cl)(Cl)Cl. The van der Waals surface area contributed by atoms with Crippen LogP contribution in [0.2, 0.25) is 0 Å². The van der Waals surface area contributed by atoms with Crippen molar-refractivity contribution in [1.29, 1.82) is 0 Å². The summed E-state index contributed by atoms with van der Waals surface area (Å²) in [5, 5.41) is 2.95. The molecule has 0 aromatic carbocycles. The molecule has 1 amide bonds. The molecule has 0 rings (SSSR count). The second-order valence-electron chi connectivity index (χ2n) is 5.13. The second kappa shape index (κ2) is 9.50. The Morgan fingerprint density at radius 1 is 1.32 bits per heavy atom. The van der Waals surface area contributed by atoms with Crippen molar-refractivity contribution in [2.45, 2.75) is 40.8 Å². The lowest BCUT2D eigenvalue weighted by Gasteiger charge is -2.22. The molecule has 0 fully saturated rings. The summed E-state index contributed by atoms with van der Waals surface area (Å²) in [6.07, 6.45) is -0.122. The Labute approximate surface area is 166 Å². The van der Waals surface area contributed by atoms with Gasteiger partial charge in [0.1, 0.15) is 5.25 Å². The van der Waals surface area contributed by atoms with Gasteiger partial charge in [0.15, 0.2) is 0 Å². The molecule has 0 N–H and O–H groups in total. The third kappa shape index (κ3) is 7.78. The highest BCUT2D eigenvalue weighted by Crippen LogP contribution is 2.35. The summed E-state index contributed by atoms with van der Waals surface area (Å²) in [6.45, 7) is 7.05. The summed E-state index contributed by atoms with van der Waals surface area (Å²) in [5.74, 6) is -0.389. The lowest BCUT2D eigenvalue weighted by molar-refractivity contribution is -0.142. The largest absolute Gasteiger partial charge is 0.465 e. The highest BCUT2D eigenvalue weighted by atomic mass is 35.6. The summed E-state index contributed by atoms with van der Waals surface area (Å²) >= 11 is 17.1. The molecule has 1 atom stereocenters. The van der Waals surface area contributed by atoms with Gasteiger partial charge in [-0.15, -0.1) is 11.8 Å². The van der Waals surface area contributed by atoms with Gasteiger partial charge in [-0.3, -0.25) is 9.63 Å². The maximum Gasteiger partial charge on any atom is 0.449 e. The first-order chi connectivity index (χ1) is 11.2. The molecule has 0 aliphatic carbocycles. The smallest absolute Gasteiger partial charge is 0.449 e. The molecule has 0 aromatic rings. The summed E-state index contributed by atoms with van der Waals surface area (Å²) in [7, 11) is -3.70. The van der Waals surface area contributed by atoms with Crippen LogP contribution in [0.5, 0.6) is 0 Å². The van der Waals surface area contributed by atoms with Crippen molar-refractivity contribution in [2.75, 3.05) is 13.7 Å². The quantitative estimate of drug-likeness (QED) is 0.190. The maximum atomic E-state index is 11.8. The van der Waals surface area contributed by atoms with E-state index in [1.54, 1.807) is 27.7 Å². The molecule has 0 aliphatic rings. The Bertz CT molecular complexity index is 619. The highest BCUT2D eigenvalue weighted by molar-refractivity contribution is 8.02. The lowest BCUT2D eigenvalue weighted by atomic mass is 10.2. The molecule has 0 aliphatic heterocycles. The number of rotatable bonds is 7. The number of nitrogens with zero attached hydrogens (tertiary/aromatic N) is 2. The van der Waals surface area contributed by atoms with Crippen LogP contribution < -0.4 is 0 Å². The van der Waals surface area contributed by atoms with Crippen molar-refractivity contribution in [3.63, 3.8) is 0 Å². The fourth-order valence-corrected chi connectivity index (χ4v) is 3.95. The molecular weight excluding hydrogens is 439 g/mol. The van der Waals surface area contributed by atoms with Gasteiger partial charge in [-0.05, 0) is 27.7 Å². The second-order valence-corrected chi connectivity index (χ2v) is 12.2. The van der Waals surface area contributed by atoms with Crippen molar-refractivity contribution in [2.24, 2.45) is 5.16 Å². The van der Waals surface area contributed by atoms with Crippen LogP contribution in [0.3, 0.4) is 0 Å². The summed E-state index contributed by atoms with van der Waals surface area (Å²) in [6, 6.07) is 0. The number of sulfonamides is 1. The van der Waals surface area contributed by atoms with Gasteiger partial charge in [0.2, 0.25) is 0 Å². The van der Waals surface area contributed by atoms with Crippen molar-refractivity contribution < 1.29 is 27.6 Å². The molecule has 0 bridgehead atoms.